The summed E-state index contributed by atoms with van der Waals surface area (Å²) in [7, 11) is 3.02. The fourth-order valence-electron chi connectivity index (χ4n) is 3.13. The standard InChI is InChI=1S/C23H27N5O4/c1-13(2)20(26-22(29)16-10-18(31-4)12-19(11-16)32-5)23(30)25-17-8-6-7-15(9-17)21-24-14(3)27-28-21/h6-13,20H,1-5H3,(H,25,30)(H,26,29)(H,24,27,28)/t20-/m0/s1. The molecule has 168 valence electrons. The van der Waals surface area contributed by atoms with E-state index in [4.69, 9.17) is 9.47 Å². The summed E-state index contributed by atoms with van der Waals surface area (Å²) in [4.78, 5) is 30.2. The number of carbonyl (C=O) groups is 2. The minimum absolute atomic E-state index is 0.148. The molecule has 1 atom stereocenters. The molecule has 3 aromatic rings. The van der Waals surface area contributed by atoms with E-state index in [2.05, 4.69) is 25.8 Å². The lowest BCUT2D eigenvalue weighted by Crippen LogP contribution is -2.47. The van der Waals surface area contributed by atoms with Crippen molar-refractivity contribution in [1.29, 1.82) is 0 Å². The van der Waals surface area contributed by atoms with Gasteiger partial charge in [-0.2, -0.15) is 5.10 Å². The van der Waals surface area contributed by atoms with E-state index in [0.29, 0.717) is 34.4 Å². The molecule has 1 aromatic heterocycles. The van der Waals surface area contributed by atoms with Crippen LogP contribution in [-0.2, 0) is 4.79 Å². The molecular formula is C23H27N5O4. The van der Waals surface area contributed by atoms with Gasteiger partial charge in [-0.15, -0.1) is 0 Å². The predicted octanol–water partition coefficient (Wildman–Crippen LogP) is 3.19. The number of nitrogens with zero attached hydrogens (tertiary/aromatic N) is 2. The number of carbonyl (C=O) groups excluding carboxylic acids is 2. The average Bonchev–Trinajstić information content (AvgIpc) is 3.23. The van der Waals surface area contributed by atoms with E-state index in [9.17, 15) is 9.59 Å². The quantitative estimate of drug-likeness (QED) is 0.498. The van der Waals surface area contributed by atoms with Crippen molar-refractivity contribution in [1.82, 2.24) is 20.5 Å². The van der Waals surface area contributed by atoms with Gasteiger partial charge in [-0.25, -0.2) is 4.98 Å². The summed E-state index contributed by atoms with van der Waals surface area (Å²) in [6.45, 7) is 5.54. The zero-order valence-corrected chi connectivity index (χ0v) is 18.7. The van der Waals surface area contributed by atoms with Crippen LogP contribution in [0.25, 0.3) is 11.4 Å². The minimum Gasteiger partial charge on any atom is -0.497 e. The van der Waals surface area contributed by atoms with Crippen molar-refractivity contribution < 1.29 is 19.1 Å². The van der Waals surface area contributed by atoms with Crippen molar-refractivity contribution in [3.8, 4) is 22.9 Å². The summed E-state index contributed by atoms with van der Waals surface area (Å²) >= 11 is 0. The summed E-state index contributed by atoms with van der Waals surface area (Å²) in [5.74, 6) is 1.33. The number of nitrogens with one attached hydrogen (secondary N) is 3. The van der Waals surface area contributed by atoms with Gasteiger partial charge in [0.15, 0.2) is 5.82 Å². The predicted molar refractivity (Wildman–Crippen MR) is 121 cm³/mol. The molecule has 9 heteroatoms. The summed E-state index contributed by atoms with van der Waals surface area (Å²) in [5, 5.41) is 12.6. The Balaban J connectivity index is 1.76. The second kappa shape index (κ2) is 9.95. The molecule has 0 unspecified atom stereocenters. The smallest absolute Gasteiger partial charge is 0.252 e. The molecule has 1 heterocycles. The highest BCUT2D eigenvalue weighted by Crippen LogP contribution is 2.23. The lowest BCUT2D eigenvalue weighted by molar-refractivity contribution is -0.118. The van der Waals surface area contributed by atoms with Crippen molar-refractivity contribution in [2.24, 2.45) is 5.92 Å². The molecular weight excluding hydrogens is 410 g/mol. The third-order valence-electron chi connectivity index (χ3n) is 4.83. The van der Waals surface area contributed by atoms with Crippen molar-refractivity contribution in [3.63, 3.8) is 0 Å². The number of methoxy groups -OCH3 is 2. The Hall–Kier alpha value is -3.88. The van der Waals surface area contributed by atoms with Crippen LogP contribution in [0.3, 0.4) is 0 Å². The highest BCUT2D eigenvalue weighted by molar-refractivity contribution is 6.01. The Kier molecular flexibility index (Phi) is 7.09. The van der Waals surface area contributed by atoms with E-state index in [1.165, 1.54) is 14.2 Å². The zero-order valence-electron chi connectivity index (χ0n) is 18.7. The van der Waals surface area contributed by atoms with Gasteiger partial charge in [0.25, 0.3) is 5.91 Å². The number of anilines is 1. The molecule has 3 rings (SSSR count). The summed E-state index contributed by atoms with van der Waals surface area (Å²) in [6, 6.07) is 11.3. The fourth-order valence-corrected chi connectivity index (χ4v) is 3.13. The number of aromatic amines is 1. The zero-order chi connectivity index (χ0) is 23.3. The van der Waals surface area contributed by atoms with Crippen LogP contribution in [0.1, 0.15) is 30.0 Å². The summed E-state index contributed by atoms with van der Waals surface area (Å²) in [6.07, 6.45) is 0. The molecule has 32 heavy (non-hydrogen) atoms. The Morgan fingerprint density at radius 3 is 2.28 bits per heavy atom. The number of hydrogen-bond donors (Lipinski definition) is 3. The van der Waals surface area contributed by atoms with Crippen molar-refractivity contribution in [3.05, 3.63) is 53.9 Å². The van der Waals surface area contributed by atoms with E-state index in [-0.39, 0.29) is 11.8 Å². The van der Waals surface area contributed by atoms with Gasteiger partial charge in [-0.1, -0.05) is 26.0 Å². The van der Waals surface area contributed by atoms with Crippen LogP contribution < -0.4 is 20.1 Å². The van der Waals surface area contributed by atoms with Gasteiger partial charge < -0.3 is 20.1 Å². The van der Waals surface area contributed by atoms with Gasteiger partial charge >= 0.3 is 0 Å². The highest BCUT2D eigenvalue weighted by atomic mass is 16.5. The molecule has 0 radical (unpaired) electrons. The van der Waals surface area contributed by atoms with Crippen LogP contribution in [0.5, 0.6) is 11.5 Å². The van der Waals surface area contributed by atoms with Crippen LogP contribution >= 0.6 is 0 Å². The van der Waals surface area contributed by atoms with Gasteiger partial charge in [0.05, 0.1) is 14.2 Å². The Labute approximate surface area is 186 Å². The summed E-state index contributed by atoms with van der Waals surface area (Å²) in [5.41, 5.74) is 1.68. The molecule has 2 amide bonds. The van der Waals surface area contributed by atoms with E-state index in [0.717, 1.165) is 5.56 Å². The molecule has 3 N–H and O–H groups in total. The Morgan fingerprint density at radius 1 is 1.03 bits per heavy atom. The number of aryl methyl sites for hydroxylation is 1. The number of ether oxygens (including phenoxy) is 2. The van der Waals surface area contributed by atoms with Gasteiger partial charge in [0, 0.05) is 22.9 Å². The first kappa shape index (κ1) is 22.8. The molecule has 0 spiro atoms. The number of aromatic nitrogens is 3. The third kappa shape index (κ3) is 5.42. The van der Waals surface area contributed by atoms with E-state index < -0.39 is 11.9 Å². The molecule has 2 aromatic carbocycles. The maximum atomic E-state index is 13.0. The molecule has 0 aliphatic heterocycles. The topological polar surface area (TPSA) is 118 Å². The van der Waals surface area contributed by atoms with E-state index >= 15 is 0 Å². The molecule has 0 saturated heterocycles. The second-order valence-electron chi connectivity index (χ2n) is 7.61. The monoisotopic (exact) mass is 437 g/mol. The van der Waals surface area contributed by atoms with Crippen molar-refractivity contribution in [2.45, 2.75) is 26.8 Å². The van der Waals surface area contributed by atoms with Gasteiger partial charge in [-0.3, -0.25) is 14.7 Å². The Bertz CT molecular complexity index is 1090. The van der Waals surface area contributed by atoms with Crippen molar-refractivity contribution in [2.75, 3.05) is 19.5 Å². The van der Waals surface area contributed by atoms with Crippen molar-refractivity contribution >= 4 is 17.5 Å². The molecule has 0 bridgehead atoms. The SMILES string of the molecule is COc1cc(OC)cc(C(=O)N[C@H](C(=O)Nc2cccc(-c3n[nH]c(C)n3)c2)C(C)C)c1. The Morgan fingerprint density at radius 2 is 1.72 bits per heavy atom. The lowest BCUT2D eigenvalue weighted by atomic mass is 10.0. The number of hydrogen-bond acceptors (Lipinski definition) is 6. The number of amides is 2. The van der Waals surface area contributed by atoms with Crippen LogP contribution in [0, 0.1) is 12.8 Å². The number of H-pyrrole nitrogens is 1. The van der Waals surface area contributed by atoms with Crippen LogP contribution in [0.2, 0.25) is 0 Å². The molecule has 9 nitrogen and oxygen atoms in total. The first-order valence-electron chi connectivity index (χ1n) is 10.1. The van der Waals surface area contributed by atoms with Gasteiger partial charge in [0.2, 0.25) is 5.91 Å². The summed E-state index contributed by atoms with van der Waals surface area (Å²) < 4.78 is 10.4. The first-order chi connectivity index (χ1) is 15.3. The van der Waals surface area contributed by atoms with E-state index in [1.54, 1.807) is 30.3 Å². The lowest BCUT2D eigenvalue weighted by Gasteiger charge is -2.22. The van der Waals surface area contributed by atoms with Gasteiger partial charge in [-0.05, 0) is 37.1 Å². The average molecular weight is 438 g/mol. The normalized spacial score (nSPS) is 11.7. The van der Waals surface area contributed by atoms with Gasteiger partial charge in [0.1, 0.15) is 23.4 Å². The number of benzene rings is 2. The molecule has 0 aliphatic rings. The third-order valence-corrected chi connectivity index (χ3v) is 4.83. The maximum absolute atomic E-state index is 13.0. The fraction of sp³-hybridized carbons (Fsp3) is 0.304. The maximum Gasteiger partial charge on any atom is 0.252 e. The highest BCUT2D eigenvalue weighted by Gasteiger charge is 2.25. The van der Waals surface area contributed by atoms with Crippen LogP contribution in [-0.4, -0.2) is 47.3 Å². The first-order valence-corrected chi connectivity index (χ1v) is 10.1. The molecule has 0 aliphatic carbocycles. The largest absolute Gasteiger partial charge is 0.497 e. The van der Waals surface area contributed by atoms with Crippen LogP contribution in [0.4, 0.5) is 5.69 Å². The second-order valence-corrected chi connectivity index (χ2v) is 7.61. The molecule has 0 saturated carbocycles. The van der Waals surface area contributed by atoms with E-state index in [1.807, 2.05) is 32.9 Å². The van der Waals surface area contributed by atoms with Crippen LogP contribution in [0.15, 0.2) is 42.5 Å². The number of rotatable bonds is 8. The minimum atomic E-state index is -0.755. The molecule has 0 fully saturated rings.